The highest BCUT2D eigenvalue weighted by Crippen LogP contribution is 2.43. The zero-order valence-electron chi connectivity index (χ0n) is 29.4. The molecule has 3 aromatic carbocycles. The zero-order chi connectivity index (χ0) is 31.3. The lowest BCUT2D eigenvalue weighted by Crippen LogP contribution is -2.23. The van der Waals surface area contributed by atoms with E-state index < -0.39 is 0 Å². The molecular formula is C44H62. The van der Waals surface area contributed by atoms with E-state index in [0.717, 1.165) is 42.9 Å². The predicted octanol–water partition coefficient (Wildman–Crippen LogP) is 12.6. The molecule has 0 spiro atoms. The number of hydrogen-bond donors (Lipinski definition) is 0. The maximum Gasteiger partial charge on any atom is -0.00200 e. The molecular weight excluding hydrogens is 528 g/mol. The second-order valence-electron chi connectivity index (χ2n) is 15.4. The molecule has 0 heteroatoms. The average Bonchev–Trinajstić information content (AvgIpc) is 3.27. The molecule has 2 aliphatic rings. The number of rotatable bonds is 10. The summed E-state index contributed by atoms with van der Waals surface area (Å²) in [5.74, 6) is 3.72. The summed E-state index contributed by atoms with van der Waals surface area (Å²) >= 11 is 0. The van der Waals surface area contributed by atoms with Crippen molar-refractivity contribution >= 4 is 0 Å². The molecule has 0 amide bonds. The normalized spacial score (nSPS) is 23.0. The molecule has 0 nitrogen and oxygen atoms in total. The highest BCUT2D eigenvalue weighted by Gasteiger charge is 2.30. The Morgan fingerprint density at radius 3 is 2.09 bits per heavy atom. The maximum atomic E-state index is 2.60. The van der Waals surface area contributed by atoms with Crippen molar-refractivity contribution in [2.75, 3.05) is 0 Å². The summed E-state index contributed by atoms with van der Waals surface area (Å²) in [6.45, 7) is 16.6. The van der Waals surface area contributed by atoms with Gasteiger partial charge in [-0.25, -0.2) is 0 Å². The molecule has 5 rings (SSSR count). The largest absolute Gasteiger partial charge is 0.0645 e. The first-order chi connectivity index (χ1) is 21.2. The van der Waals surface area contributed by atoms with Crippen LogP contribution in [0.5, 0.6) is 0 Å². The van der Waals surface area contributed by atoms with Crippen LogP contribution >= 0.6 is 0 Å². The van der Waals surface area contributed by atoms with Crippen molar-refractivity contribution in [3.8, 4) is 0 Å². The van der Waals surface area contributed by atoms with Crippen molar-refractivity contribution in [2.24, 2.45) is 17.8 Å². The molecule has 2 fully saturated rings. The van der Waals surface area contributed by atoms with E-state index in [1.807, 2.05) is 0 Å². The molecule has 238 valence electrons. The van der Waals surface area contributed by atoms with Crippen LogP contribution in [0, 0.1) is 31.6 Å². The van der Waals surface area contributed by atoms with E-state index in [-0.39, 0.29) is 5.41 Å². The lowest BCUT2D eigenvalue weighted by atomic mass is 9.71. The Kier molecular flexibility index (Phi) is 11.1. The van der Waals surface area contributed by atoms with Gasteiger partial charge in [-0.15, -0.1) is 0 Å². The topological polar surface area (TPSA) is 0 Å². The summed E-state index contributed by atoms with van der Waals surface area (Å²) in [5, 5.41) is 0. The Balaban J connectivity index is 1.29. The van der Waals surface area contributed by atoms with Gasteiger partial charge in [-0.1, -0.05) is 115 Å². The molecule has 2 atom stereocenters. The Bertz CT molecular complexity index is 1360. The smallest absolute Gasteiger partial charge is 0.00200 e. The van der Waals surface area contributed by atoms with Gasteiger partial charge in [0, 0.05) is 0 Å². The van der Waals surface area contributed by atoms with E-state index >= 15 is 0 Å². The van der Waals surface area contributed by atoms with E-state index in [2.05, 4.69) is 103 Å². The SMILES string of the molecule is CCc1cc(C2CCC(C3CCCC(C)CC3)CC2)ccc1Cc1ccc(C)c(Cc2cccc(C)c2C(C)(CC)CC)c1. The summed E-state index contributed by atoms with van der Waals surface area (Å²) in [6, 6.07) is 21.8. The first-order valence-corrected chi connectivity index (χ1v) is 18.5. The molecule has 2 aliphatic carbocycles. The quantitative estimate of drug-likeness (QED) is 0.206. The van der Waals surface area contributed by atoms with Gasteiger partial charge in [0.1, 0.15) is 0 Å². The van der Waals surface area contributed by atoms with Gasteiger partial charge >= 0.3 is 0 Å². The molecule has 0 aliphatic heterocycles. The minimum Gasteiger partial charge on any atom is -0.0645 e. The Labute approximate surface area is 271 Å². The monoisotopic (exact) mass is 590 g/mol. The van der Waals surface area contributed by atoms with Gasteiger partial charge in [0.2, 0.25) is 0 Å². The maximum absolute atomic E-state index is 2.60. The standard InChI is InChI=1S/C44H62/c1-8-35-29-40(38-23-21-37(22-24-38)36-15-11-13-31(4)17-20-36)26-25-39(35)27-34-19-18-32(5)42(28-34)30-41-16-12-14-33(6)43(41)44(7,9-2)10-3/h12,14,16,18-19,25-26,28-29,31,36-38H,8-11,13,15,17,20-24,27,30H2,1-7H3. The van der Waals surface area contributed by atoms with Crippen LogP contribution in [-0.2, 0) is 24.7 Å². The van der Waals surface area contributed by atoms with Crippen LogP contribution < -0.4 is 0 Å². The lowest BCUT2D eigenvalue weighted by Gasteiger charge is -2.34. The van der Waals surface area contributed by atoms with E-state index in [1.54, 1.807) is 16.7 Å². The van der Waals surface area contributed by atoms with Crippen molar-refractivity contribution in [2.45, 2.75) is 150 Å². The van der Waals surface area contributed by atoms with Crippen molar-refractivity contribution < 1.29 is 0 Å². The molecule has 3 aromatic rings. The number of aryl methyl sites for hydroxylation is 3. The molecule has 2 unspecified atom stereocenters. The van der Waals surface area contributed by atoms with E-state index in [0.29, 0.717) is 0 Å². The highest BCUT2D eigenvalue weighted by molar-refractivity contribution is 5.46. The van der Waals surface area contributed by atoms with Gasteiger partial charge in [-0.05, 0) is 157 Å². The third kappa shape index (κ3) is 7.54. The Hall–Kier alpha value is -2.34. The van der Waals surface area contributed by atoms with Crippen molar-refractivity contribution in [3.63, 3.8) is 0 Å². The molecule has 0 N–H and O–H groups in total. The summed E-state index contributed by atoms with van der Waals surface area (Å²) in [4.78, 5) is 0. The van der Waals surface area contributed by atoms with Crippen LogP contribution in [0.4, 0.5) is 0 Å². The molecule has 44 heavy (non-hydrogen) atoms. The fourth-order valence-corrected chi connectivity index (χ4v) is 9.11. The minimum absolute atomic E-state index is 0.233. The van der Waals surface area contributed by atoms with Gasteiger partial charge < -0.3 is 0 Å². The number of benzene rings is 3. The molecule has 0 heterocycles. The van der Waals surface area contributed by atoms with Gasteiger partial charge in [0.05, 0.1) is 0 Å². The highest BCUT2D eigenvalue weighted by atomic mass is 14.4. The van der Waals surface area contributed by atoms with Gasteiger partial charge in [-0.2, -0.15) is 0 Å². The second kappa shape index (κ2) is 14.8. The van der Waals surface area contributed by atoms with Gasteiger partial charge in [0.15, 0.2) is 0 Å². The Morgan fingerprint density at radius 2 is 1.36 bits per heavy atom. The van der Waals surface area contributed by atoms with Gasteiger partial charge in [0.25, 0.3) is 0 Å². The fraction of sp³-hybridized carbons (Fsp3) is 0.591. The van der Waals surface area contributed by atoms with E-state index in [1.165, 1.54) is 104 Å². The van der Waals surface area contributed by atoms with Gasteiger partial charge in [-0.3, -0.25) is 0 Å². The average molecular weight is 591 g/mol. The summed E-state index contributed by atoms with van der Waals surface area (Å²) in [7, 11) is 0. The van der Waals surface area contributed by atoms with Crippen LogP contribution in [-0.4, -0.2) is 0 Å². The molecule has 0 radical (unpaired) electrons. The van der Waals surface area contributed by atoms with Crippen LogP contribution in [0.1, 0.15) is 161 Å². The van der Waals surface area contributed by atoms with E-state index in [9.17, 15) is 0 Å². The molecule has 0 bridgehead atoms. The first-order valence-electron chi connectivity index (χ1n) is 18.5. The van der Waals surface area contributed by atoms with E-state index in [4.69, 9.17) is 0 Å². The van der Waals surface area contributed by atoms with Crippen molar-refractivity contribution in [1.29, 1.82) is 0 Å². The predicted molar refractivity (Wildman–Crippen MR) is 192 cm³/mol. The van der Waals surface area contributed by atoms with Crippen molar-refractivity contribution in [1.82, 2.24) is 0 Å². The van der Waals surface area contributed by atoms with Crippen molar-refractivity contribution in [3.05, 3.63) is 105 Å². The molecule has 2 saturated carbocycles. The molecule has 0 saturated heterocycles. The number of hydrogen-bond acceptors (Lipinski definition) is 0. The molecule has 0 aromatic heterocycles. The third-order valence-corrected chi connectivity index (χ3v) is 12.5. The third-order valence-electron chi connectivity index (χ3n) is 12.5. The minimum atomic E-state index is 0.233. The zero-order valence-corrected chi connectivity index (χ0v) is 29.4. The van der Waals surface area contributed by atoms with Crippen LogP contribution in [0.25, 0.3) is 0 Å². The second-order valence-corrected chi connectivity index (χ2v) is 15.4. The summed E-state index contributed by atoms with van der Waals surface area (Å²) in [6.07, 6.45) is 18.6. The fourth-order valence-electron chi connectivity index (χ4n) is 9.11. The Morgan fingerprint density at radius 1 is 0.636 bits per heavy atom. The first kappa shape index (κ1) is 33.0. The lowest BCUT2D eigenvalue weighted by molar-refractivity contribution is 0.212. The van der Waals surface area contributed by atoms with Crippen LogP contribution in [0.3, 0.4) is 0 Å². The van der Waals surface area contributed by atoms with Crippen LogP contribution in [0.2, 0.25) is 0 Å². The summed E-state index contributed by atoms with van der Waals surface area (Å²) < 4.78 is 0. The van der Waals surface area contributed by atoms with Crippen LogP contribution in [0.15, 0.2) is 54.6 Å². The summed E-state index contributed by atoms with van der Waals surface area (Å²) in [5.41, 5.74) is 13.8.